The minimum atomic E-state index is 0.404. The molecule has 2 aliphatic rings. The Kier molecular flexibility index (Phi) is 4.50. The second-order valence-corrected chi connectivity index (χ2v) is 6.93. The fourth-order valence-electron chi connectivity index (χ4n) is 3.66. The summed E-state index contributed by atoms with van der Waals surface area (Å²) in [4.78, 5) is 11.3. The van der Waals surface area contributed by atoms with Gasteiger partial charge in [-0.05, 0) is 49.1 Å². The van der Waals surface area contributed by atoms with Crippen molar-refractivity contribution in [2.24, 2.45) is 5.92 Å². The molecule has 2 heterocycles. The average Bonchev–Trinajstić information content (AvgIpc) is 2.46. The first-order chi connectivity index (χ1) is 10.2. The molecule has 114 valence electrons. The van der Waals surface area contributed by atoms with Gasteiger partial charge >= 0.3 is 0 Å². The van der Waals surface area contributed by atoms with Gasteiger partial charge in [0.2, 0.25) is 5.95 Å². The van der Waals surface area contributed by atoms with Crippen molar-refractivity contribution >= 4 is 17.7 Å². The van der Waals surface area contributed by atoms with E-state index in [0.717, 1.165) is 30.8 Å². The van der Waals surface area contributed by atoms with Gasteiger partial charge in [-0.1, -0.05) is 13.0 Å². The van der Waals surface area contributed by atoms with E-state index in [1.165, 1.54) is 18.5 Å². The Morgan fingerprint density at radius 2 is 2.29 bits per heavy atom. The van der Waals surface area contributed by atoms with E-state index >= 15 is 0 Å². The maximum Gasteiger partial charge on any atom is 0.220 e. The second-order valence-electron chi connectivity index (χ2n) is 6.07. The molecule has 0 bridgehead atoms. The van der Waals surface area contributed by atoms with Crippen LogP contribution in [0.2, 0.25) is 0 Å². The molecular formula is C16H24N4S. The van der Waals surface area contributed by atoms with Crippen LogP contribution in [-0.2, 0) is 12.8 Å². The lowest BCUT2D eigenvalue weighted by Crippen LogP contribution is -2.49. The predicted octanol–water partition coefficient (Wildman–Crippen LogP) is 2.16. The zero-order chi connectivity index (χ0) is 14.8. The van der Waals surface area contributed by atoms with Gasteiger partial charge in [-0.15, -0.1) is 0 Å². The fourth-order valence-corrected chi connectivity index (χ4v) is 4.21. The molecule has 21 heavy (non-hydrogen) atoms. The smallest absolute Gasteiger partial charge is 0.220 e. The van der Waals surface area contributed by atoms with E-state index in [4.69, 9.17) is 5.73 Å². The molecular weight excluding hydrogens is 280 g/mol. The van der Waals surface area contributed by atoms with Gasteiger partial charge in [-0.25, -0.2) is 9.97 Å². The number of fused-ring (bicyclic) bond motifs is 2. The van der Waals surface area contributed by atoms with Crippen LogP contribution in [0.4, 0.5) is 5.95 Å². The molecule has 1 aromatic heterocycles. The van der Waals surface area contributed by atoms with Crippen molar-refractivity contribution in [3.63, 3.8) is 0 Å². The molecule has 4 nitrogen and oxygen atoms in total. The number of thioether (sulfide) groups is 1. The van der Waals surface area contributed by atoms with Crippen molar-refractivity contribution < 1.29 is 0 Å². The summed E-state index contributed by atoms with van der Waals surface area (Å²) in [5.74, 6) is 2.12. The van der Waals surface area contributed by atoms with E-state index in [-0.39, 0.29) is 0 Å². The van der Waals surface area contributed by atoms with Gasteiger partial charge in [0.25, 0.3) is 0 Å². The topological polar surface area (TPSA) is 55.0 Å². The van der Waals surface area contributed by atoms with Crippen LogP contribution in [0, 0.1) is 5.92 Å². The third kappa shape index (κ3) is 3.09. The highest BCUT2D eigenvalue weighted by Crippen LogP contribution is 2.33. The third-order valence-corrected chi connectivity index (χ3v) is 5.15. The van der Waals surface area contributed by atoms with E-state index in [1.807, 2.05) is 18.0 Å². The Labute approximate surface area is 131 Å². The lowest BCUT2D eigenvalue weighted by molar-refractivity contribution is 0.149. The van der Waals surface area contributed by atoms with Gasteiger partial charge in [0.15, 0.2) is 0 Å². The molecule has 0 amide bonds. The van der Waals surface area contributed by atoms with E-state index < -0.39 is 0 Å². The summed E-state index contributed by atoms with van der Waals surface area (Å²) in [6.45, 7) is 4.57. The van der Waals surface area contributed by atoms with E-state index in [0.29, 0.717) is 17.9 Å². The normalized spacial score (nSPS) is 25.1. The number of nitrogen functional groups attached to an aromatic ring is 1. The van der Waals surface area contributed by atoms with Crippen LogP contribution in [0.15, 0.2) is 17.8 Å². The molecule has 2 atom stereocenters. The summed E-state index contributed by atoms with van der Waals surface area (Å²) in [6, 6.07) is 0.607. The first-order valence-electron chi connectivity index (χ1n) is 7.74. The summed E-state index contributed by atoms with van der Waals surface area (Å²) < 4.78 is 0. The Morgan fingerprint density at radius 1 is 1.43 bits per heavy atom. The van der Waals surface area contributed by atoms with Crippen LogP contribution < -0.4 is 5.73 Å². The summed E-state index contributed by atoms with van der Waals surface area (Å²) in [5, 5.41) is 0. The molecule has 0 saturated heterocycles. The molecule has 2 unspecified atom stereocenters. The van der Waals surface area contributed by atoms with Crippen LogP contribution in [0.1, 0.15) is 24.6 Å². The first-order valence-corrected chi connectivity index (χ1v) is 9.13. The van der Waals surface area contributed by atoms with Crippen molar-refractivity contribution in [3.8, 4) is 0 Å². The second kappa shape index (κ2) is 6.36. The number of anilines is 1. The lowest BCUT2D eigenvalue weighted by Gasteiger charge is -2.43. The molecule has 0 radical (unpaired) electrons. The van der Waals surface area contributed by atoms with Gasteiger partial charge in [-0.3, -0.25) is 4.90 Å². The van der Waals surface area contributed by atoms with Gasteiger partial charge in [-0.2, -0.15) is 11.8 Å². The maximum atomic E-state index is 5.75. The van der Waals surface area contributed by atoms with E-state index in [1.54, 1.807) is 5.57 Å². The predicted molar refractivity (Wildman–Crippen MR) is 89.5 cm³/mol. The van der Waals surface area contributed by atoms with Crippen molar-refractivity contribution in [3.05, 3.63) is 29.1 Å². The molecule has 3 rings (SSSR count). The van der Waals surface area contributed by atoms with E-state index in [2.05, 4.69) is 34.1 Å². The quantitative estimate of drug-likeness (QED) is 0.864. The van der Waals surface area contributed by atoms with Gasteiger partial charge in [0.1, 0.15) is 0 Å². The summed E-state index contributed by atoms with van der Waals surface area (Å²) in [7, 11) is 0. The highest BCUT2D eigenvalue weighted by molar-refractivity contribution is 7.98. The largest absolute Gasteiger partial charge is 0.368 e. The number of hydrogen-bond donors (Lipinski definition) is 1. The zero-order valence-corrected chi connectivity index (χ0v) is 13.7. The lowest BCUT2D eigenvalue weighted by atomic mass is 9.79. The molecule has 5 heteroatoms. The molecule has 0 aromatic carbocycles. The number of nitrogens with two attached hydrogens (primary N) is 1. The van der Waals surface area contributed by atoms with Gasteiger partial charge in [0, 0.05) is 30.2 Å². The third-order valence-electron chi connectivity index (χ3n) is 4.49. The van der Waals surface area contributed by atoms with Crippen molar-refractivity contribution in [1.82, 2.24) is 14.9 Å². The minimum Gasteiger partial charge on any atom is -0.368 e. The molecule has 1 aliphatic heterocycles. The molecule has 1 aromatic rings. The van der Waals surface area contributed by atoms with Crippen molar-refractivity contribution in [2.45, 2.75) is 32.2 Å². The molecule has 2 N–H and O–H groups in total. The number of hydrogen-bond acceptors (Lipinski definition) is 5. The fraction of sp³-hybridized carbons (Fsp3) is 0.625. The van der Waals surface area contributed by atoms with Crippen LogP contribution in [0.25, 0.3) is 0 Å². The van der Waals surface area contributed by atoms with Crippen molar-refractivity contribution in [1.29, 1.82) is 0 Å². The minimum absolute atomic E-state index is 0.404. The number of rotatable bonds is 4. The summed E-state index contributed by atoms with van der Waals surface area (Å²) >= 11 is 1.92. The Hall–Kier alpha value is -1.07. The summed E-state index contributed by atoms with van der Waals surface area (Å²) in [5.41, 5.74) is 9.76. The van der Waals surface area contributed by atoms with Crippen LogP contribution >= 0.6 is 11.8 Å². The molecule has 1 aliphatic carbocycles. The average molecular weight is 304 g/mol. The summed E-state index contributed by atoms with van der Waals surface area (Å²) in [6.07, 6.45) is 9.89. The highest BCUT2D eigenvalue weighted by Gasteiger charge is 2.35. The standard InChI is InChI=1S/C16H24N4S/c1-3-4-20-9-11(10-21-2)5-12-6-14-13(7-15(12)20)8-18-16(17)19-14/h5,8,12,15H,3-4,6-7,9-10H2,1-2H3,(H2,17,18,19). The monoisotopic (exact) mass is 304 g/mol. The number of nitrogens with zero attached hydrogens (tertiary/aromatic N) is 3. The SMILES string of the molecule is CCCN1CC(CSC)=CC2Cc3nc(N)ncc3CC21. The number of aromatic nitrogens is 2. The van der Waals surface area contributed by atoms with E-state index in [9.17, 15) is 0 Å². The van der Waals surface area contributed by atoms with Gasteiger partial charge < -0.3 is 5.73 Å². The van der Waals surface area contributed by atoms with Crippen LogP contribution in [0.3, 0.4) is 0 Å². The van der Waals surface area contributed by atoms with Crippen LogP contribution in [0.5, 0.6) is 0 Å². The Bertz CT molecular complexity index is 543. The molecule has 0 fully saturated rings. The van der Waals surface area contributed by atoms with Crippen LogP contribution in [-0.4, -0.2) is 46.0 Å². The maximum absolute atomic E-state index is 5.75. The van der Waals surface area contributed by atoms with Gasteiger partial charge in [0.05, 0.1) is 0 Å². The zero-order valence-electron chi connectivity index (χ0n) is 12.9. The highest BCUT2D eigenvalue weighted by atomic mass is 32.2. The Balaban J connectivity index is 1.89. The first kappa shape index (κ1) is 14.9. The Morgan fingerprint density at radius 3 is 3.05 bits per heavy atom. The van der Waals surface area contributed by atoms with Crippen molar-refractivity contribution in [2.75, 3.05) is 30.8 Å². The molecule has 0 spiro atoms. The molecule has 0 saturated carbocycles.